The van der Waals surface area contributed by atoms with Crippen LogP contribution < -0.4 is 10.6 Å². The van der Waals surface area contributed by atoms with Crippen LogP contribution in [0.2, 0.25) is 0 Å². The maximum atomic E-state index is 12.5. The van der Waals surface area contributed by atoms with E-state index in [0.29, 0.717) is 19.4 Å². The van der Waals surface area contributed by atoms with E-state index < -0.39 is 6.04 Å². The first-order valence-electron chi connectivity index (χ1n) is 17.0. The number of halogens is 1. The van der Waals surface area contributed by atoms with Crippen molar-refractivity contribution in [2.24, 2.45) is 5.92 Å². The molecule has 0 radical (unpaired) electrons. The molecule has 4 nitrogen and oxygen atoms in total. The molecule has 0 saturated heterocycles. The summed E-state index contributed by atoms with van der Waals surface area (Å²) in [4.78, 5) is 24.5. The van der Waals surface area contributed by atoms with Crippen LogP contribution in [0.1, 0.15) is 136 Å². The maximum absolute atomic E-state index is 12.5. The van der Waals surface area contributed by atoms with E-state index in [4.69, 9.17) is 0 Å². The summed E-state index contributed by atoms with van der Waals surface area (Å²) in [7, 11) is 0. The number of nitrogens with one attached hydrogen (secondary N) is 2. The molecular formula is C38H65FN2O2. The lowest BCUT2D eigenvalue weighted by Gasteiger charge is -2.18. The van der Waals surface area contributed by atoms with Gasteiger partial charge in [0.05, 0.1) is 0 Å². The average molecular weight is 601 g/mol. The third kappa shape index (κ3) is 25.5. The number of aryl methyl sites for hydroxylation is 3. The molecule has 0 heterocycles. The summed E-state index contributed by atoms with van der Waals surface area (Å²) in [6.45, 7) is 19.8. The molecule has 0 aliphatic heterocycles. The van der Waals surface area contributed by atoms with Crippen molar-refractivity contribution >= 4 is 11.8 Å². The van der Waals surface area contributed by atoms with Gasteiger partial charge < -0.3 is 10.6 Å². The second kappa shape index (κ2) is 29.4. The summed E-state index contributed by atoms with van der Waals surface area (Å²) in [6, 6.07) is 14.6. The molecule has 0 fully saturated rings. The van der Waals surface area contributed by atoms with Crippen LogP contribution >= 0.6 is 0 Å². The van der Waals surface area contributed by atoms with E-state index in [1.54, 1.807) is 6.07 Å². The molecule has 2 N–H and O–H groups in total. The fraction of sp³-hybridized carbons (Fsp3) is 0.632. The smallest absolute Gasteiger partial charge is 0.242 e. The second-order valence-electron chi connectivity index (χ2n) is 11.6. The van der Waals surface area contributed by atoms with E-state index in [2.05, 4.69) is 83.4 Å². The third-order valence-electron chi connectivity index (χ3n) is 6.59. The second-order valence-corrected chi connectivity index (χ2v) is 11.6. The molecule has 0 spiro atoms. The van der Waals surface area contributed by atoms with E-state index in [0.717, 1.165) is 62.8 Å². The molecule has 2 aromatic carbocycles. The highest BCUT2D eigenvalue weighted by atomic mass is 19.1. The molecule has 2 aromatic rings. The van der Waals surface area contributed by atoms with Crippen molar-refractivity contribution < 1.29 is 14.0 Å². The number of rotatable bonds is 15. The van der Waals surface area contributed by atoms with Gasteiger partial charge in [0.15, 0.2) is 0 Å². The molecule has 0 aliphatic rings. The van der Waals surface area contributed by atoms with Crippen molar-refractivity contribution in [3.05, 3.63) is 71.0 Å². The van der Waals surface area contributed by atoms with Gasteiger partial charge in [-0.3, -0.25) is 9.59 Å². The Labute approximate surface area is 265 Å². The Morgan fingerprint density at radius 2 is 1.40 bits per heavy atom. The Balaban J connectivity index is 0. The Bertz CT molecular complexity index is 928. The van der Waals surface area contributed by atoms with Crippen LogP contribution in [0.3, 0.4) is 0 Å². The van der Waals surface area contributed by atoms with Gasteiger partial charge in [0.2, 0.25) is 11.8 Å². The molecule has 0 aliphatic carbocycles. The summed E-state index contributed by atoms with van der Waals surface area (Å²) in [5.41, 5.74) is 3.75. The molecule has 1 atom stereocenters. The summed E-state index contributed by atoms with van der Waals surface area (Å²) in [5.74, 6) is 0.660. The standard InChI is InChI=1S/C23H38N2O2.C7H7F.C5H12.C3H8/c1-4-7-8-17-22(26)25-21(13-6-3)23(27)24-18-11-16-20-15-10-9-14-19(20)12-5-2;1-6-3-2-4-7(8)5-6;1-4-5(2)3;1-3-2/h9-10,14-15,21H,4-8,11-13,16-18H2,1-3H3,(H,24,27)(H,25,26);2-5H,1H3;5H,4H2,1-3H3;3H2,1-2H3. The minimum atomic E-state index is -0.406. The minimum absolute atomic E-state index is 0.00876. The van der Waals surface area contributed by atoms with E-state index in [1.165, 1.54) is 36.1 Å². The van der Waals surface area contributed by atoms with E-state index >= 15 is 0 Å². The first-order chi connectivity index (χ1) is 20.6. The highest BCUT2D eigenvalue weighted by Gasteiger charge is 2.19. The predicted octanol–water partition coefficient (Wildman–Crippen LogP) is 10.2. The van der Waals surface area contributed by atoms with Crippen LogP contribution in [-0.4, -0.2) is 24.4 Å². The number of benzene rings is 2. The third-order valence-corrected chi connectivity index (χ3v) is 6.59. The van der Waals surface area contributed by atoms with Crippen molar-refractivity contribution in [2.45, 2.75) is 145 Å². The van der Waals surface area contributed by atoms with Crippen LogP contribution in [0.15, 0.2) is 48.5 Å². The number of amides is 2. The molecule has 1 unspecified atom stereocenters. The van der Waals surface area contributed by atoms with Crippen molar-refractivity contribution in [3.63, 3.8) is 0 Å². The van der Waals surface area contributed by atoms with Gasteiger partial charge in [-0.25, -0.2) is 4.39 Å². The molecular weight excluding hydrogens is 535 g/mol. The van der Waals surface area contributed by atoms with Gasteiger partial charge in [0.25, 0.3) is 0 Å². The number of carbonyl (C=O) groups is 2. The lowest BCUT2D eigenvalue weighted by atomic mass is 9.99. The van der Waals surface area contributed by atoms with E-state index in [1.807, 2.05) is 19.9 Å². The Morgan fingerprint density at radius 3 is 1.86 bits per heavy atom. The first-order valence-corrected chi connectivity index (χ1v) is 17.0. The monoisotopic (exact) mass is 601 g/mol. The van der Waals surface area contributed by atoms with Gasteiger partial charge in [0.1, 0.15) is 11.9 Å². The zero-order chi connectivity index (χ0) is 32.9. The molecule has 5 heteroatoms. The van der Waals surface area contributed by atoms with Crippen LogP contribution in [0.5, 0.6) is 0 Å². The highest BCUT2D eigenvalue weighted by Crippen LogP contribution is 2.13. The molecule has 0 aromatic heterocycles. The Hall–Kier alpha value is -2.69. The highest BCUT2D eigenvalue weighted by molar-refractivity contribution is 5.87. The average Bonchev–Trinajstić information content (AvgIpc) is 2.97. The van der Waals surface area contributed by atoms with Crippen LogP contribution in [0.25, 0.3) is 0 Å². The summed E-state index contributed by atoms with van der Waals surface area (Å²) < 4.78 is 12.2. The normalized spacial score (nSPS) is 10.7. The topological polar surface area (TPSA) is 58.2 Å². The van der Waals surface area contributed by atoms with Crippen molar-refractivity contribution in [1.82, 2.24) is 10.6 Å². The first kappa shape index (κ1) is 42.4. The zero-order valence-electron chi connectivity index (χ0n) is 29.2. The molecule has 0 saturated carbocycles. The summed E-state index contributed by atoms with van der Waals surface area (Å²) in [5, 5.41) is 5.92. The van der Waals surface area contributed by atoms with Gasteiger partial charge in [0, 0.05) is 13.0 Å². The summed E-state index contributed by atoms with van der Waals surface area (Å²) in [6.07, 6.45) is 11.8. The maximum Gasteiger partial charge on any atom is 0.242 e. The zero-order valence-corrected chi connectivity index (χ0v) is 29.2. The number of unbranched alkanes of at least 4 members (excludes halogenated alkanes) is 2. The SMILES string of the molecule is CCC.CCC(C)C.CCCCCC(=O)NC(CCC)C(=O)NCCCc1ccccc1CCC.Cc1cccc(F)c1. The molecule has 0 bridgehead atoms. The van der Waals surface area contributed by atoms with Crippen LogP contribution in [0.4, 0.5) is 4.39 Å². The van der Waals surface area contributed by atoms with E-state index in [9.17, 15) is 14.0 Å². The van der Waals surface area contributed by atoms with Gasteiger partial charge in [-0.2, -0.15) is 0 Å². The molecule has 246 valence electrons. The molecule has 2 amide bonds. The van der Waals surface area contributed by atoms with Gasteiger partial charge in [-0.15, -0.1) is 0 Å². The van der Waals surface area contributed by atoms with Gasteiger partial charge >= 0.3 is 0 Å². The fourth-order valence-electron chi connectivity index (χ4n) is 3.89. The predicted molar refractivity (Wildman–Crippen MR) is 185 cm³/mol. The lowest BCUT2D eigenvalue weighted by Crippen LogP contribution is -2.46. The largest absolute Gasteiger partial charge is 0.354 e. The minimum Gasteiger partial charge on any atom is -0.354 e. The van der Waals surface area contributed by atoms with Gasteiger partial charge in [-0.1, -0.05) is 130 Å². The lowest BCUT2D eigenvalue weighted by molar-refractivity contribution is -0.129. The van der Waals surface area contributed by atoms with Crippen LogP contribution in [0, 0.1) is 18.7 Å². The summed E-state index contributed by atoms with van der Waals surface area (Å²) >= 11 is 0. The van der Waals surface area contributed by atoms with E-state index in [-0.39, 0.29) is 17.6 Å². The number of carbonyl (C=O) groups excluding carboxylic acids is 2. The van der Waals surface area contributed by atoms with Crippen LogP contribution in [-0.2, 0) is 22.4 Å². The van der Waals surface area contributed by atoms with Crippen molar-refractivity contribution in [1.29, 1.82) is 0 Å². The number of hydrogen-bond donors (Lipinski definition) is 2. The Kier molecular flexibility index (Phi) is 29.0. The Morgan fingerprint density at radius 1 is 0.791 bits per heavy atom. The quantitative estimate of drug-likeness (QED) is 0.200. The molecule has 2 rings (SSSR count). The van der Waals surface area contributed by atoms with Gasteiger partial charge in [-0.05, 0) is 73.8 Å². The van der Waals surface area contributed by atoms with Crippen molar-refractivity contribution in [3.8, 4) is 0 Å². The fourth-order valence-corrected chi connectivity index (χ4v) is 3.89. The molecule has 43 heavy (non-hydrogen) atoms. The van der Waals surface area contributed by atoms with Crippen molar-refractivity contribution in [2.75, 3.05) is 6.54 Å². The number of hydrogen-bond acceptors (Lipinski definition) is 2.